The predicted molar refractivity (Wildman–Crippen MR) is 110 cm³/mol. The van der Waals surface area contributed by atoms with Crippen molar-refractivity contribution in [1.82, 2.24) is 15.3 Å². The molecular weight excluding hydrogens is 387 g/mol. The normalized spacial score (nSPS) is 14.1. The Balaban J connectivity index is 1.87. The molecule has 3 rings (SSSR count). The predicted octanol–water partition coefficient (Wildman–Crippen LogP) is 2.37. The molecular formula is C22H23FN4O3. The van der Waals surface area contributed by atoms with Gasteiger partial charge in [0.05, 0.1) is 5.52 Å². The highest BCUT2D eigenvalue weighted by Crippen LogP contribution is 2.31. The highest BCUT2D eigenvalue weighted by molar-refractivity contribution is 5.93. The number of rotatable bonds is 9. The number of nitrogens with zero attached hydrogens (tertiary/aromatic N) is 1. The van der Waals surface area contributed by atoms with Crippen LogP contribution in [0.3, 0.4) is 0 Å². The van der Waals surface area contributed by atoms with E-state index in [1.54, 1.807) is 13.0 Å². The minimum atomic E-state index is -1.69. The Kier molecular flexibility index (Phi) is 6.25. The smallest absolute Gasteiger partial charge is 0.244 e. The number of nitrogens with one attached hydrogen (secondary N) is 2. The maximum absolute atomic E-state index is 14.0. The second kappa shape index (κ2) is 8.86. The Bertz CT molecular complexity index is 1070. The fourth-order valence-corrected chi connectivity index (χ4v) is 3.51. The Hall–Kier alpha value is -3.55. The molecule has 156 valence electrons. The SMILES string of the molecule is C[C@H](c1nc2c(F)cccc2[nH]1)C(CC=O)(NC(=O)CCc1ccccc1)C(N)=O. The summed E-state index contributed by atoms with van der Waals surface area (Å²) in [6.45, 7) is 1.61. The largest absolute Gasteiger partial charge is 0.368 e. The van der Waals surface area contributed by atoms with E-state index in [0.717, 1.165) is 5.56 Å². The molecule has 2 aromatic carbocycles. The zero-order valence-corrected chi connectivity index (χ0v) is 16.5. The number of hydrogen-bond acceptors (Lipinski definition) is 4. The van der Waals surface area contributed by atoms with Crippen LogP contribution < -0.4 is 11.1 Å². The van der Waals surface area contributed by atoms with Crippen molar-refractivity contribution in [2.24, 2.45) is 5.73 Å². The molecule has 0 aliphatic rings. The van der Waals surface area contributed by atoms with Crippen molar-refractivity contribution in [3.05, 3.63) is 65.7 Å². The van der Waals surface area contributed by atoms with E-state index in [0.29, 0.717) is 18.2 Å². The Morgan fingerprint density at radius 3 is 2.60 bits per heavy atom. The molecule has 0 spiro atoms. The number of halogens is 1. The average Bonchev–Trinajstić information content (AvgIpc) is 3.17. The molecule has 7 nitrogen and oxygen atoms in total. The summed E-state index contributed by atoms with van der Waals surface area (Å²) in [5.41, 5.74) is 5.47. The van der Waals surface area contributed by atoms with Gasteiger partial charge in [0.2, 0.25) is 11.8 Å². The second-order valence-electron chi connectivity index (χ2n) is 7.22. The molecule has 1 aromatic heterocycles. The van der Waals surface area contributed by atoms with E-state index >= 15 is 0 Å². The lowest BCUT2D eigenvalue weighted by Crippen LogP contribution is -2.61. The Morgan fingerprint density at radius 1 is 1.23 bits per heavy atom. The molecule has 1 heterocycles. The summed E-state index contributed by atoms with van der Waals surface area (Å²) in [6.07, 6.45) is 0.772. The number of H-pyrrole nitrogens is 1. The van der Waals surface area contributed by atoms with Crippen LogP contribution in [0.1, 0.15) is 37.1 Å². The van der Waals surface area contributed by atoms with E-state index in [1.165, 1.54) is 12.1 Å². The molecule has 0 aliphatic carbocycles. The van der Waals surface area contributed by atoms with Crippen molar-refractivity contribution in [2.45, 2.75) is 37.6 Å². The minimum Gasteiger partial charge on any atom is -0.368 e. The third kappa shape index (κ3) is 4.22. The van der Waals surface area contributed by atoms with Gasteiger partial charge in [-0.25, -0.2) is 9.37 Å². The number of primary amides is 1. The standard InChI is InChI=1S/C22H23FN4O3/c1-14(20-25-17-9-5-8-16(23)19(17)26-20)22(12-13-28,21(24)30)27-18(29)11-10-15-6-3-2-4-7-15/h2-9,13-14H,10-12H2,1H3,(H2,24,30)(H,25,26)(H,27,29)/t14-,22?/m1/s1. The summed E-state index contributed by atoms with van der Waals surface area (Å²) in [5, 5.41) is 2.66. The van der Waals surface area contributed by atoms with Gasteiger partial charge in [-0.3, -0.25) is 9.59 Å². The first-order chi connectivity index (χ1) is 14.4. The summed E-state index contributed by atoms with van der Waals surface area (Å²) < 4.78 is 14.0. The summed E-state index contributed by atoms with van der Waals surface area (Å²) in [6, 6.07) is 13.9. The third-order valence-electron chi connectivity index (χ3n) is 5.32. The molecule has 0 aliphatic heterocycles. The fraction of sp³-hybridized carbons (Fsp3) is 0.273. The molecule has 8 heteroatoms. The van der Waals surface area contributed by atoms with Crippen molar-refractivity contribution in [3.63, 3.8) is 0 Å². The van der Waals surface area contributed by atoms with E-state index in [-0.39, 0.29) is 24.2 Å². The number of hydrogen-bond donors (Lipinski definition) is 3. The fourth-order valence-electron chi connectivity index (χ4n) is 3.51. The number of aldehydes is 1. The summed E-state index contributed by atoms with van der Waals surface area (Å²) in [7, 11) is 0. The zero-order chi connectivity index (χ0) is 21.7. The lowest BCUT2D eigenvalue weighted by molar-refractivity contribution is -0.134. The van der Waals surface area contributed by atoms with Crippen LogP contribution in [-0.2, 0) is 20.8 Å². The number of benzene rings is 2. The van der Waals surface area contributed by atoms with Gasteiger partial charge in [0.15, 0.2) is 5.82 Å². The number of amides is 2. The maximum atomic E-state index is 14.0. The monoisotopic (exact) mass is 410 g/mol. The Labute approximate surface area is 172 Å². The van der Waals surface area contributed by atoms with Gasteiger partial charge in [0.1, 0.15) is 23.2 Å². The number of carbonyl (C=O) groups is 3. The minimum absolute atomic E-state index is 0.110. The zero-order valence-electron chi connectivity index (χ0n) is 16.5. The van der Waals surface area contributed by atoms with Crippen LogP contribution in [0.5, 0.6) is 0 Å². The maximum Gasteiger partial charge on any atom is 0.244 e. The van der Waals surface area contributed by atoms with Crippen LogP contribution in [0.4, 0.5) is 4.39 Å². The summed E-state index contributed by atoms with van der Waals surface area (Å²) in [4.78, 5) is 43.7. The molecule has 2 atom stereocenters. The number of carbonyl (C=O) groups excluding carboxylic acids is 3. The van der Waals surface area contributed by atoms with Crippen molar-refractivity contribution in [3.8, 4) is 0 Å². The molecule has 0 radical (unpaired) electrons. The number of imidazole rings is 1. The number of aromatic nitrogens is 2. The van der Waals surface area contributed by atoms with E-state index in [9.17, 15) is 18.8 Å². The van der Waals surface area contributed by atoms with Crippen LogP contribution in [-0.4, -0.2) is 33.6 Å². The van der Waals surface area contributed by atoms with Crippen LogP contribution in [0, 0.1) is 5.82 Å². The van der Waals surface area contributed by atoms with E-state index < -0.39 is 29.1 Å². The quantitative estimate of drug-likeness (QED) is 0.469. The lowest BCUT2D eigenvalue weighted by Gasteiger charge is -2.34. The van der Waals surface area contributed by atoms with Crippen molar-refractivity contribution in [1.29, 1.82) is 0 Å². The number of para-hydroxylation sites is 1. The van der Waals surface area contributed by atoms with Gasteiger partial charge >= 0.3 is 0 Å². The molecule has 2 amide bonds. The number of fused-ring (bicyclic) bond motifs is 1. The molecule has 0 fully saturated rings. The molecule has 4 N–H and O–H groups in total. The number of aryl methyl sites for hydroxylation is 1. The van der Waals surface area contributed by atoms with Crippen molar-refractivity contribution < 1.29 is 18.8 Å². The first-order valence-electron chi connectivity index (χ1n) is 9.60. The number of nitrogens with two attached hydrogens (primary N) is 1. The molecule has 3 aromatic rings. The van der Waals surface area contributed by atoms with Crippen molar-refractivity contribution >= 4 is 29.1 Å². The first kappa shape index (κ1) is 21.2. The van der Waals surface area contributed by atoms with Gasteiger partial charge in [0.25, 0.3) is 0 Å². The molecule has 1 unspecified atom stereocenters. The van der Waals surface area contributed by atoms with E-state index in [4.69, 9.17) is 5.73 Å². The topological polar surface area (TPSA) is 118 Å². The third-order valence-corrected chi connectivity index (χ3v) is 5.32. The second-order valence-corrected chi connectivity index (χ2v) is 7.22. The lowest BCUT2D eigenvalue weighted by atomic mass is 9.80. The first-order valence-corrected chi connectivity index (χ1v) is 9.60. The highest BCUT2D eigenvalue weighted by atomic mass is 19.1. The average molecular weight is 410 g/mol. The van der Waals surface area contributed by atoms with Gasteiger partial charge < -0.3 is 20.8 Å². The van der Waals surface area contributed by atoms with Crippen molar-refractivity contribution in [2.75, 3.05) is 0 Å². The Morgan fingerprint density at radius 2 is 1.97 bits per heavy atom. The van der Waals surface area contributed by atoms with Crippen LogP contribution in [0.2, 0.25) is 0 Å². The van der Waals surface area contributed by atoms with Gasteiger partial charge in [-0.05, 0) is 24.1 Å². The highest BCUT2D eigenvalue weighted by Gasteiger charge is 2.45. The van der Waals surface area contributed by atoms with Crippen LogP contribution >= 0.6 is 0 Å². The van der Waals surface area contributed by atoms with E-state index in [1.807, 2.05) is 30.3 Å². The molecule has 0 saturated carbocycles. The van der Waals surface area contributed by atoms with Gasteiger partial charge in [-0.15, -0.1) is 0 Å². The molecule has 0 saturated heterocycles. The van der Waals surface area contributed by atoms with Crippen LogP contribution in [0.15, 0.2) is 48.5 Å². The summed E-state index contributed by atoms with van der Waals surface area (Å²) in [5.74, 6) is -2.36. The molecule has 0 bridgehead atoms. The van der Waals surface area contributed by atoms with Gasteiger partial charge in [-0.2, -0.15) is 0 Å². The van der Waals surface area contributed by atoms with Gasteiger partial charge in [0, 0.05) is 18.8 Å². The van der Waals surface area contributed by atoms with Gasteiger partial charge in [-0.1, -0.05) is 43.3 Å². The van der Waals surface area contributed by atoms with E-state index in [2.05, 4.69) is 15.3 Å². The van der Waals surface area contributed by atoms with Crippen LogP contribution in [0.25, 0.3) is 11.0 Å². The summed E-state index contributed by atoms with van der Waals surface area (Å²) >= 11 is 0. The molecule has 30 heavy (non-hydrogen) atoms. The number of aromatic amines is 1.